The number of nitrogens with one attached hydrogen (secondary N) is 2. The van der Waals surface area contributed by atoms with Gasteiger partial charge in [0.05, 0.1) is 12.8 Å². The third kappa shape index (κ3) is 3.94. The molecule has 0 aliphatic rings. The van der Waals surface area contributed by atoms with E-state index in [4.69, 9.17) is 4.84 Å². The molecular weight excluding hydrogens is 264 g/mol. The number of hydrogen-bond acceptors (Lipinski definition) is 3. The first kappa shape index (κ1) is 14.8. The molecule has 0 saturated heterocycles. The van der Waals surface area contributed by atoms with E-state index in [1.807, 2.05) is 48.5 Å². The second-order valence-corrected chi connectivity index (χ2v) is 4.70. The predicted octanol–water partition coefficient (Wildman–Crippen LogP) is 3.84. The molecule has 1 amide bonds. The second-order valence-electron chi connectivity index (χ2n) is 4.70. The Morgan fingerprint density at radius 3 is 1.86 bits per heavy atom. The van der Waals surface area contributed by atoms with Crippen LogP contribution in [0.1, 0.15) is 6.92 Å². The van der Waals surface area contributed by atoms with Gasteiger partial charge in [0.15, 0.2) is 0 Å². The van der Waals surface area contributed by atoms with Crippen molar-refractivity contribution in [2.24, 2.45) is 0 Å². The van der Waals surface area contributed by atoms with Crippen LogP contribution in [0.2, 0.25) is 0 Å². The third-order valence-electron chi connectivity index (χ3n) is 2.97. The first-order valence-corrected chi connectivity index (χ1v) is 6.56. The summed E-state index contributed by atoms with van der Waals surface area (Å²) in [6.45, 7) is 5.29. The maximum absolute atomic E-state index is 11.5. The van der Waals surface area contributed by atoms with Crippen LogP contribution in [0.5, 0.6) is 0 Å². The van der Waals surface area contributed by atoms with Crippen LogP contribution in [-0.2, 0) is 9.63 Å². The zero-order chi connectivity index (χ0) is 15.2. The number of anilines is 2. The van der Waals surface area contributed by atoms with Crippen LogP contribution in [-0.4, -0.2) is 13.0 Å². The molecule has 2 rings (SSSR count). The van der Waals surface area contributed by atoms with Crippen LogP contribution < -0.4 is 10.8 Å². The van der Waals surface area contributed by atoms with Gasteiger partial charge in [-0.3, -0.25) is 15.1 Å². The Bertz CT molecular complexity index is 631. The molecule has 0 aliphatic carbocycles. The third-order valence-corrected chi connectivity index (χ3v) is 2.97. The topological polar surface area (TPSA) is 50.4 Å². The quantitative estimate of drug-likeness (QED) is 0.647. The average molecular weight is 282 g/mol. The van der Waals surface area contributed by atoms with Crippen molar-refractivity contribution in [3.63, 3.8) is 0 Å². The maximum atomic E-state index is 11.5. The van der Waals surface area contributed by atoms with Gasteiger partial charge in [0.2, 0.25) is 0 Å². The minimum absolute atomic E-state index is 0.169. The lowest BCUT2D eigenvalue weighted by molar-refractivity contribution is -0.112. The molecular formula is C17H18N2O2. The summed E-state index contributed by atoms with van der Waals surface area (Å²) in [5, 5.41) is 2.78. The fraction of sp³-hybridized carbons (Fsp3) is 0.118. The van der Waals surface area contributed by atoms with E-state index in [1.54, 1.807) is 14.0 Å². The Kier molecular flexibility index (Phi) is 4.74. The Labute approximate surface area is 124 Å². The van der Waals surface area contributed by atoms with Crippen molar-refractivity contribution in [2.75, 3.05) is 17.9 Å². The van der Waals surface area contributed by atoms with Crippen molar-refractivity contribution in [1.82, 2.24) is 0 Å². The monoisotopic (exact) mass is 282 g/mol. The highest BCUT2D eigenvalue weighted by molar-refractivity contribution is 6.02. The van der Waals surface area contributed by atoms with Gasteiger partial charge in [0, 0.05) is 11.3 Å². The highest BCUT2D eigenvalue weighted by Gasteiger charge is 2.03. The lowest BCUT2D eigenvalue weighted by Gasteiger charge is -2.08. The molecule has 0 saturated carbocycles. The SMILES string of the molecule is C=C(C)C(=O)Nc1ccc(-c2ccc(NOC)cc2)cc1. The second kappa shape index (κ2) is 6.72. The van der Waals surface area contributed by atoms with Gasteiger partial charge in [-0.25, -0.2) is 0 Å². The molecule has 0 atom stereocenters. The van der Waals surface area contributed by atoms with Gasteiger partial charge >= 0.3 is 0 Å². The molecule has 0 bridgehead atoms. The highest BCUT2D eigenvalue weighted by atomic mass is 16.6. The zero-order valence-corrected chi connectivity index (χ0v) is 12.1. The van der Waals surface area contributed by atoms with Crippen molar-refractivity contribution in [1.29, 1.82) is 0 Å². The van der Waals surface area contributed by atoms with E-state index in [9.17, 15) is 4.79 Å². The van der Waals surface area contributed by atoms with Gasteiger partial charge in [-0.15, -0.1) is 0 Å². The van der Waals surface area contributed by atoms with Crippen molar-refractivity contribution >= 4 is 17.3 Å². The van der Waals surface area contributed by atoms with E-state index in [0.717, 1.165) is 22.5 Å². The lowest BCUT2D eigenvalue weighted by atomic mass is 10.1. The first-order chi connectivity index (χ1) is 10.1. The Morgan fingerprint density at radius 1 is 0.952 bits per heavy atom. The van der Waals surface area contributed by atoms with Gasteiger partial charge in [-0.05, 0) is 42.3 Å². The summed E-state index contributed by atoms with van der Waals surface area (Å²) in [6.07, 6.45) is 0. The molecule has 0 spiro atoms. The van der Waals surface area contributed by atoms with Crippen molar-refractivity contribution < 1.29 is 9.63 Å². The number of carbonyl (C=O) groups is 1. The summed E-state index contributed by atoms with van der Waals surface area (Å²) < 4.78 is 0. The van der Waals surface area contributed by atoms with E-state index < -0.39 is 0 Å². The molecule has 2 aromatic carbocycles. The molecule has 0 aromatic heterocycles. The molecule has 2 aromatic rings. The molecule has 4 nitrogen and oxygen atoms in total. The summed E-state index contributed by atoms with van der Waals surface area (Å²) in [5.41, 5.74) is 7.08. The molecule has 0 fully saturated rings. The van der Waals surface area contributed by atoms with Gasteiger partial charge in [0.25, 0.3) is 5.91 Å². The fourth-order valence-electron chi connectivity index (χ4n) is 1.83. The normalized spacial score (nSPS) is 10.0. The first-order valence-electron chi connectivity index (χ1n) is 6.56. The highest BCUT2D eigenvalue weighted by Crippen LogP contribution is 2.23. The average Bonchev–Trinajstić information content (AvgIpc) is 2.49. The van der Waals surface area contributed by atoms with Gasteiger partial charge < -0.3 is 5.32 Å². The Morgan fingerprint density at radius 2 is 1.43 bits per heavy atom. The minimum atomic E-state index is -0.169. The van der Waals surface area contributed by atoms with Crippen LogP contribution in [0.15, 0.2) is 60.7 Å². The van der Waals surface area contributed by atoms with Crippen molar-refractivity contribution in [3.8, 4) is 11.1 Å². The molecule has 4 heteroatoms. The molecule has 108 valence electrons. The summed E-state index contributed by atoms with van der Waals surface area (Å²) in [4.78, 5) is 16.4. The summed E-state index contributed by atoms with van der Waals surface area (Å²) in [6, 6.07) is 15.6. The van der Waals surface area contributed by atoms with E-state index in [0.29, 0.717) is 5.57 Å². The van der Waals surface area contributed by atoms with Gasteiger partial charge in [-0.2, -0.15) is 0 Å². The maximum Gasteiger partial charge on any atom is 0.250 e. The Hall–Kier alpha value is -2.59. The number of benzene rings is 2. The van der Waals surface area contributed by atoms with Gasteiger partial charge in [-0.1, -0.05) is 30.8 Å². The number of rotatable bonds is 5. The molecule has 0 heterocycles. The molecule has 0 radical (unpaired) electrons. The largest absolute Gasteiger partial charge is 0.322 e. The van der Waals surface area contributed by atoms with Crippen molar-refractivity contribution in [2.45, 2.75) is 6.92 Å². The Balaban J connectivity index is 2.11. The minimum Gasteiger partial charge on any atom is -0.322 e. The molecule has 21 heavy (non-hydrogen) atoms. The number of amides is 1. The van der Waals surface area contributed by atoms with E-state index in [2.05, 4.69) is 17.4 Å². The molecule has 2 N–H and O–H groups in total. The molecule has 0 aliphatic heterocycles. The van der Waals surface area contributed by atoms with E-state index in [-0.39, 0.29) is 5.91 Å². The summed E-state index contributed by atoms with van der Waals surface area (Å²) >= 11 is 0. The van der Waals surface area contributed by atoms with E-state index in [1.165, 1.54) is 0 Å². The standard InChI is InChI=1S/C17H18N2O2/c1-12(2)17(20)18-15-8-4-13(5-9-15)14-6-10-16(11-7-14)19-21-3/h4-11,19H,1H2,2-3H3,(H,18,20). The lowest BCUT2D eigenvalue weighted by Crippen LogP contribution is -2.11. The predicted molar refractivity (Wildman–Crippen MR) is 86.0 cm³/mol. The smallest absolute Gasteiger partial charge is 0.250 e. The zero-order valence-electron chi connectivity index (χ0n) is 12.1. The van der Waals surface area contributed by atoms with Crippen LogP contribution in [0.25, 0.3) is 11.1 Å². The van der Waals surface area contributed by atoms with Gasteiger partial charge in [0.1, 0.15) is 0 Å². The number of carbonyl (C=O) groups excluding carboxylic acids is 1. The van der Waals surface area contributed by atoms with Crippen molar-refractivity contribution in [3.05, 3.63) is 60.7 Å². The van der Waals surface area contributed by atoms with Crippen LogP contribution in [0.4, 0.5) is 11.4 Å². The summed E-state index contributed by atoms with van der Waals surface area (Å²) in [5.74, 6) is -0.169. The molecule has 0 unspecified atom stereocenters. The summed E-state index contributed by atoms with van der Waals surface area (Å²) in [7, 11) is 1.58. The van der Waals surface area contributed by atoms with Crippen LogP contribution in [0, 0.1) is 0 Å². The van der Waals surface area contributed by atoms with E-state index >= 15 is 0 Å². The fourth-order valence-corrected chi connectivity index (χ4v) is 1.83. The van der Waals surface area contributed by atoms with Crippen LogP contribution >= 0.6 is 0 Å². The number of hydrogen-bond donors (Lipinski definition) is 2. The van der Waals surface area contributed by atoms with Crippen LogP contribution in [0.3, 0.4) is 0 Å².